The van der Waals surface area contributed by atoms with E-state index in [9.17, 15) is 9.59 Å². The highest BCUT2D eigenvalue weighted by molar-refractivity contribution is 5.94. The predicted octanol–water partition coefficient (Wildman–Crippen LogP) is 1.92. The van der Waals surface area contributed by atoms with Crippen LogP contribution in [0.25, 0.3) is 0 Å². The van der Waals surface area contributed by atoms with Crippen LogP contribution in [0.2, 0.25) is 0 Å². The van der Waals surface area contributed by atoms with Crippen molar-refractivity contribution in [2.75, 3.05) is 0 Å². The Morgan fingerprint density at radius 2 is 1.78 bits per heavy atom. The molecule has 0 atom stereocenters. The molecule has 4 nitrogen and oxygen atoms in total. The second kappa shape index (κ2) is 4.59. The molecular weight excluding hydrogens is 228 g/mol. The largest absolute Gasteiger partial charge is 0.333 e. The molecule has 0 saturated heterocycles. The zero-order valence-corrected chi connectivity index (χ0v) is 10.4. The van der Waals surface area contributed by atoms with Crippen LogP contribution in [0, 0.1) is 0 Å². The van der Waals surface area contributed by atoms with Crippen LogP contribution in [0.15, 0.2) is 23.1 Å². The summed E-state index contributed by atoms with van der Waals surface area (Å²) in [6.45, 7) is 0. The average Bonchev–Trinajstić information content (AvgIpc) is 3.05. The number of aromatic nitrogens is 1. The van der Waals surface area contributed by atoms with Crippen LogP contribution in [0.1, 0.15) is 48.9 Å². The van der Waals surface area contributed by atoms with Gasteiger partial charge in [-0.1, -0.05) is 12.8 Å². The van der Waals surface area contributed by atoms with E-state index in [1.807, 2.05) is 0 Å². The van der Waals surface area contributed by atoms with E-state index >= 15 is 0 Å². The molecule has 0 bridgehead atoms. The predicted molar refractivity (Wildman–Crippen MR) is 68.5 cm³/mol. The van der Waals surface area contributed by atoms with Gasteiger partial charge in [-0.3, -0.25) is 9.59 Å². The summed E-state index contributed by atoms with van der Waals surface area (Å²) < 4.78 is 0. The molecule has 1 aromatic rings. The number of nitrogens with zero attached hydrogens (tertiary/aromatic N) is 1. The van der Waals surface area contributed by atoms with Crippen LogP contribution >= 0.6 is 0 Å². The van der Waals surface area contributed by atoms with Gasteiger partial charge in [-0.25, -0.2) is 0 Å². The second-order valence-corrected chi connectivity index (χ2v) is 5.32. The van der Waals surface area contributed by atoms with E-state index < -0.39 is 0 Å². The van der Waals surface area contributed by atoms with Crippen LogP contribution in [0.3, 0.4) is 0 Å². The first-order chi connectivity index (χ1) is 8.75. The normalized spacial score (nSPS) is 20.0. The molecule has 96 valence electrons. The Labute approximate surface area is 106 Å². The lowest BCUT2D eigenvalue weighted by molar-refractivity contribution is 0.0664. The van der Waals surface area contributed by atoms with Gasteiger partial charge in [-0.05, 0) is 31.7 Å². The number of pyridine rings is 1. The average molecular weight is 246 g/mol. The molecule has 1 amide bonds. The lowest BCUT2D eigenvalue weighted by atomic mass is 10.1. The number of hydrogen-bond acceptors (Lipinski definition) is 2. The number of H-pyrrole nitrogens is 1. The molecular formula is C14H18N2O2. The molecule has 18 heavy (non-hydrogen) atoms. The molecule has 0 aromatic carbocycles. The van der Waals surface area contributed by atoms with Gasteiger partial charge in [0.05, 0.1) is 5.56 Å². The molecule has 4 heteroatoms. The van der Waals surface area contributed by atoms with Gasteiger partial charge in [0.25, 0.3) is 5.91 Å². The Morgan fingerprint density at radius 1 is 1.11 bits per heavy atom. The number of rotatable bonds is 3. The monoisotopic (exact) mass is 246 g/mol. The molecule has 1 aromatic heterocycles. The minimum Gasteiger partial charge on any atom is -0.333 e. The summed E-state index contributed by atoms with van der Waals surface area (Å²) in [7, 11) is 0. The van der Waals surface area contributed by atoms with Gasteiger partial charge < -0.3 is 9.88 Å². The van der Waals surface area contributed by atoms with Gasteiger partial charge in [0, 0.05) is 24.3 Å². The molecule has 0 radical (unpaired) electrons. The van der Waals surface area contributed by atoms with Crippen molar-refractivity contribution < 1.29 is 4.79 Å². The number of hydrogen-bond donors (Lipinski definition) is 1. The third kappa shape index (κ3) is 2.19. The van der Waals surface area contributed by atoms with Crippen LogP contribution in [-0.2, 0) is 0 Å². The van der Waals surface area contributed by atoms with E-state index in [0.717, 1.165) is 25.7 Å². The smallest absolute Gasteiger partial charge is 0.255 e. The fourth-order valence-electron chi connectivity index (χ4n) is 2.86. The maximum atomic E-state index is 12.5. The summed E-state index contributed by atoms with van der Waals surface area (Å²) in [4.78, 5) is 28.2. The molecule has 0 spiro atoms. The van der Waals surface area contributed by atoms with E-state index in [0.29, 0.717) is 17.6 Å². The Bertz CT molecular complexity index is 478. The topological polar surface area (TPSA) is 53.2 Å². The molecule has 3 rings (SSSR count). The fraction of sp³-hybridized carbons (Fsp3) is 0.571. The van der Waals surface area contributed by atoms with Gasteiger partial charge >= 0.3 is 0 Å². The van der Waals surface area contributed by atoms with Gasteiger partial charge in [0.2, 0.25) is 5.56 Å². The minimum absolute atomic E-state index is 0.0839. The third-order valence-electron chi connectivity index (χ3n) is 3.92. The zero-order chi connectivity index (χ0) is 12.5. The van der Waals surface area contributed by atoms with E-state index in [1.54, 1.807) is 6.07 Å². The van der Waals surface area contributed by atoms with Crippen molar-refractivity contribution in [3.63, 3.8) is 0 Å². The van der Waals surface area contributed by atoms with Crippen molar-refractivity contribution in [2.24, 2.45) is 0 Å². The summed E-state index contributed by atoms with van der Waals surface area (Å²) in [5, 5.41) is 0. The highest BCUT2D eigenvalue weighted by Gasteiger charge is 2.38. The van der Waals surface area contributed by atoms with Crippen LogP contribution in [0.4, 0.5) is 0 Å². The first-order valence-electron chi connectivity index (χ1n) is 6.77. The SMILES string of the molecule is O=C(c1ccc(=O)[nH]c1)N(C1CCCC1)C1CC1. The second-order valence-electron chi connectivity index (χ2n) is 5.32. The standard InChI is InChI=1S/C14H18N2O2/c17-13-8-5-10(9-15-13)14(18)16(12-6-7-12)11-3-1-2-4-11/h5,8-9,11-12H,1-4,6-7H2,(H,15,17). The lowest BCUT2D eigenvalue weighted by Gasteiger charge is -2.29. The number of carbonyl (C=O) groups is 1. The molecule has 2 fully saturated rings. The molecule has 1 N–H and O–H groups in total. The summed E-state index contributed by atoms with van der Waals surface area (Å²) in [5.74, 6) is 0.0839. The van der Waals surface area contributed by atoms with Crippen molar-refractivity contribution in [2.45, 2.75) is 50.6 Å². The fourth-order valence-corrected chi connectivity index (χ4v) is 2.86. The van der Waals surface area contributed by atoms with Crippen molar-refractivity contribution in [1.82, 2.24) is 9.88 Å². The zero-order valence-electron chi connectivity index (χ0n) is 10.4. The first kappa shape index (κ1) is 11.5. The number of aromatic amines is 1. The summed E-state index contributed by atoms with van der Waals surface area (Å²) >= 11 is 0. The van der Waals surface area contributed by atoms with E-state index in [-0.39, 0.29) is 11.5 Å². The van der Waals surface area contributed by atoms with E-state index in [2.05, 4.69) is 9.88 Å². The third-order valence-corrected chi connectivity index (χ3v) is 3.92. The van der Waals surface area contributed by atoms with Crippen LogP contribution < -0.4 is 5.56 Å². The van der Waals surface area contributed by atoms with Crippen LogP contribution in [-0.4, -0.2) is 27.9 Å². The van der Waals surface area contributed by atoms with E-state index in [4.69, 9.17) is 0 Å². The molecule has 1 heterocycles. The molecule has 0 aliphatic heterocycles. The number of nitrogens with one attached hydrogen (secondary N) is 1. The Balaban J connectivity index is 1.83. The maximum Gasteiger partial charge on any atom is 0.255 e. The lowest BCUT2D eigenvalue weighted by Crippen LogP contribution is -2.40. The van der Waals surface area contributed by atoms with Gasteiger partial charge in [0.15, 0.2) is 0 Å². The molecule has 2 aliphatic rings. The molecule has 2 aliphatic carbocycles. The molecule has 0 unspecified atom stereocenters. The van der Waals surface area contributed by atoms with Crippen molar-refractivity contribution in [3.8, 4) is 0 Å². The van der Waals surface area contributed by atoms with E-state index in [1.165, 1.54) is 25.1 Å². The summed E-state index contributed by atoms with van der Waals surface area (Å²) in [6, 6.07) is 3.91. The highest BCUT2D eigenvalue weighted by atomic mass is 16.2. The number of carbonyl (C=O) groups excluding carboxylic acids is 1. The van der Waals surface area contributed by atoms with Crippen LogP contribution in [0.5, 0.6) is 0 Å². The van der Waals surface area contributed by atoms with Crippen molar-refractivity contribution in [3.05, 3.63) is 34.2 Å². The number of amides is 1. The quantitative estimate of drug-likeness (QED) is 0.886. The van der Waals surface area contributed by atoms with Gasteiger partial charge in [-0.15, -0.1) is 0 Å². The first-order valence-corrected chi connectivity index (χ1v) is 6.77. The highest BCUT2D eigenvalue weighted by Crippen LogP contribution is 2.35. The summed E-state index contributed by atoms with van der Waals surface area (Å²) in [5.41, 5.74) is 0.443. The van der Waals surface area contributed by atoms with Gasteiger partial charge in [0.1, 0.15) is 0 Å². The molecule has 2 saturated carbocycles. The van der Waals surface area contributed by atoms with Crippen molar-refractivity contribution >= 4 is 5.91 Å². The summed E-state index contributed by atoms with van der Waals surface area (Å²) in [6.07, 6.45) is 8.52. The Morgan fingerprint density at radius 3 is 2.33 bits per heavy atom. The van der Waals surface area contributed by atoms with Crippen molar-refractivity contribution in [1.29, 1.82) is 0 Å². The van der Waals surface area contributed by atoms with Gasteiger partial charge in [-0.2, -0.15) is 0 Å². The Hall–Kier alpha value is -1.58. The maximum absolute atomic E-state index is 12.5. The minimum atomic E-state index is -0.162. The Kier molecular flexibility index (Phi) is 2.94.